The number of hydrogen-bond acceptors (Lipinski definition) is 4. The van der Waals surface area contributed by atoms with E-state index in [4.69, 9.17) is 4.74 Å². The molecule has 0 aromatic rings. The largest absolute Gasteiger partial charge is 0.461 e. The minimum atomic E-state index is -0.648. The molecule has 1 saturated heterocycles. The summed E-state index contributed by atoms with van der Waals surface area (Å²) in [4.78, 5) is 13.7. The first-order chi connectivity index (χ1) is 7.57. The van der Waals surface area contributed by atoms with E-state index in [2.05, 4.69) is 11.5 Å². The third kappa shape index (κ3) is 3.06. The summed E-state index contributed by atoms with van der Waals surface area (Å²) in [6, 6.07) is 0.0753. The van der Waals surface area contributed by atoms with Crippen LogP contribution in [0, 0.1) is 5.92 Å². The van der Waals surface area contributed by atoms with Crippen LogP contribution in [-0.2, 0) is 9.53 Å². The van der Waals surface area contributed by atoms with Crippen LogP contribution in [-0.4, -0.2) is 48.3 Å². The van der Waals surface area contributed by atoms with Crippen LogP contribution < -0.4 is 0 Å². The van der Waals surface area contributed by atoms with Gasteiger partial charge in [0.1, 0.15) is 6.61 Å². The maximum Gasteiger partial charge on any atom is 0.311 e. The molecule has 0 radical (unpaired) electrons. The van der Waals surface area contributed by atoms with Gasteiger partial charge in [-0.2, -0.15) is 0 Å². The van der Waals surface area contributed by atoms with Gasteiger partial charge in [-0.25, -0.2) is 0 Å². The number of aliphatic hydroxyl groups excluding tert-OH is 1. The number of ether oxygens (including phenoxy) is 1. The Morgan fingerprint density at radius 1 is 1.75 bits per heavy atom. The van der Waals surface area contributed by atoms with Gasteiger partial charge in [0.25, 0.3) is 0 Å². The van der Waals surface area contributed by atoms with Crippen LogP contribution in [0.5, 0.6) is 0 Å². The van der Waals surface area contributed by atoms with Crippen molar-refractivity contribution in [2.45, 2.75) is 31.9 Å². The molecule has 1 heterocycles. The van der Waals surface area contributed by atoms with Crippen LogP contribution in [0.1, 0.15) is 19.8 Å². The van der Waals surface area contributed by atoms with Crippen LogP contribution in [0.25, 0.3) is 0 Å². The summed E-state index contributed by atoms with van der Waals surface area (Å²) in [5.74, 6) is -0.835. The van der Waals surface area contributed by atoms with Gasteiger partial charge in [0.05, 0.1) is 12.0 Å². The molecule has 0 spiro atoms. The lowest BCUT2D eigenvalue weighted by molar-refractivity contribution is -0.151. The molecule has 0 amide bonds. The highest BCUT2D eigenvalue weighted by Gasteiger charge is 2.34. The Hall–Kier alpha value is -0.870. The van der Waals surface area contributed by atoms with E-state index in [0.29, 0.717) is 0 Å². The summed E-state index contributed by atoms with van der Waals surface area (Å²) >= 11 is 0. The number of aliphatic hydroxyl groups is 1. The summed E-state index contributed by atoms with van der Waals surface area (Å²) in [7, 11) is 1.97. The molecule has 1 N–H and O–H groups in total. The predicted molar refractivity (Wildman–Crippen MR) is 62.0 cm³/mol. The van der Waals surface area contributed by atoms with Crippen molar-refractivity contribution in [1.29, 1.82) is 0 Å². The van der Waals surface area contributed by atoms with Crippen molar-refractivity contribution < 1.29 is 14.6 Å². The Morgan fingerprint density at radius 3 is 2.94 bits per heavy atom. The Bertz CT molecular complexity index is 255. The van der Waals surface area contributed by atoms with Gasteiger partial charge in [-0.15, -0.1) is 0 Å². The molecular weight excluding hydrogens is 206 g/mol. The van der Waals surface area contributed by atoms with E-state index in [1.165, 1.54) is 6.08 Å². The first-order valence-corrected chi connectivity index (χ1v) is 5.73. The molecule has 1 aliphatic heterocycles. The van der Waals surface area contributed by atoms with Crippen molar-refractivity contribution in [3.05, 3.63) is 12.7 Å². The third-order valence-corrected chi connectivity index (χ3v) is 3.20. The zero-order valence-corrected chi connectivity index (χ0v) is 10.1. The van der Waals surface area contributed by atoms with Crippen LogP contribution in [0.2, 0.25) is 0 Å². The van der Waals surface area contributed by atoms with Crippen LogP contribution >= 0.6 is 0 Å². The summed E-state index contributed by atoms with van der Waals surface area (Å²) in [6.45, 7) is 6.38. The predicted octanol–water partition coefficient (Wildman–Crippen LogP) is 0.807. The first-order valence-electron chi connectivity index (χ1n) is 5.73. The molecule has 92 valence electrons. The van der Waals surface area contributed by atoms with Crippen molar-refractivity contribution >= 4 is 5.97 Å². The maximum atomic E-state index is 11.6. The SMILES string of the molecule is C=CCOC(=O)[C@H](C)[C@@H](O)C1CCCN1C. The second kappa shape index (κ2) is 6.01. The monoisotopic (exact) mass is 227 g/mol. The highest BCUT2D eigenvalue weighted by atomic mass is 16.5. The van der Waals surface area contributed by atoms with E-state index in [-0.39, 0.29) is 18.6 Å². The van der Waals surface area contributed by atoms with Gasteiger partial charge in [0.15, 0.2) is 0 Å². The second-order valence-corrected chi connectivity index (χ2v) is 4.39. The molecule has 4 heteroatoms. The van der Waals surface area contributed by atoms with Crippen molar-refractivity contribution in [2.75, 3.05) is 20.2 Å². The Balaban J connectivity index is 2.48. The number of carbonyl (C=O) groups is 1. The average Bonchev–Trinajstić information content (AvgIpc) is 2.70. The van der Waals surface area contributed by atoms with Crippen molar-refractivity contribution in [2.24, 2.45) is 5.92 Å². The molecule has 1 aliphatic rings. The van der Waals surface area contributed by atoms with Crippen molar-refractivity contribution in [3.63, 3.8) is 0 Å². The minimum Gasteiger partial charge on any atom is -0.461 e. The number of hydrogen-bond donors (Lipinski definition) is 1. The molecule has 4 nitrogen and oxygen atoms in total. The van der Waals surface area contributed by atoms with E-state index < -0.39 is 12.0 Å². The lowest BCUT2D eigenvalue weighted by atomic mass is 9.96. The fourth-order valence-corrected chi connectivity index (χ4v) is 2.11. The second-order valence-electron chi connectivity index (χ2n) is 4.39. The normalized spacial score (nSPS) is 25.1. The molecule has 1 rings (SSSR count). The number of esters is 1. The molecule has 16 heavy (non-hydrogen) atoms. The van der Waals surface area contributed by atoms with E-state index in [0.717, 1.165) is 19.4 Å². The standard InChI is InChI=1S/C12H21NO3/c1-4-8-16-12(15)9(2)11(14)10-6-5-7-13(10)3/h4,9-11,14H,1,5-8H2,2-3H3/t9-,10?,11-/m1/s1. The quantitative estimate of drug-likeness (QED) is 0.558. The van der Waals surface area contributed by atoms with Gasteiger partial charge in [-0.05, 0) is 33.4 Å². The zero-order chi connectivity index (χ0) is 12.1. The average molecular weight is 227 g/mol. The van der Waals surface area contributed by atoms with E-state index in [1.54, 1.807) is 6.92 Å². The summed E-state index contributed by atoms with van der Waals surface area (Å²) in [5, 5.41) is 10.1. The summed E-state index contributed by atoms with van der Waals surface area (Å²) < 4.78 is 4.93. The maximum absolute atomic E-state index is 11.6. The fourth-order valence-electron chi connectivity index (χ4n) is 2.11. The number of likely N-dealkylation sites (N-methyl/N-ethyl adjacent to an activating group) is 1. The van der Waals surface area contributed by atoms with Crippen LogP contribution in [0.4, 0.5) is 0 Å². The van der Waals surface area contributed by atoms with Gasteiger partial charge < -0.3 is 14.7 Å². The van der Waals surface area contributed by atoms with Gasteiger partial charge >= 0.3 is 5.97 Å². The highest BCUT2D eigenvalue weighted by molar-refractivity contribution is 5.72. The van der Waals surface area contributed by atoms with E-state index in [9.17, 15) is 9.90 Å². The topological polar surface area (TPSA) is 49.8 Å². The smallest absolute Gasteiger partial charge is 0.311 e. The lowest BCUT2D eigenvalue weighted by Crippen LogP contribution is -2.43. The molecule has 1 fully saturated rings. The molecule has 0 aromatic heterocycles. The summed E-state index contributed by atoms with van der Waals surface area (Å²) in [5.41, 5.74) is 0. The van der Waals surface area contributed by atoms with Gasteiger partial charge in [-0.1, -0.05) is 12.7 Å². The molecule has 0 aromatic carbocycles. The third-order valence-electron chi connectivity index (χ3n) is 3.20. The van der Waals surface area contributed by atoms with Gasteiger partial charge in [-0.3, -0.25) is 4.79 Å². The molecule has 0 bridgehead atoms. The Labute approximate surface area is 96.9 Å². The number of rotatable bonds is 5. The zero-order valence-electron chi connectivity index (χ0n) is 10.1. The highest BCUT2D eigenvalue weighted by Crippen LogP contribution is 2.22. The number of likely N-dealkylation sites (tertiary alicyclic amines) is 1. The van der Waals surface area contributed by atoms with Crippen LogP contribution in [0.15, 0.2) is 12.7 Å². The molecule has 0 saturated carbocycles. The number of nitrogens with zero attached hydrogens (tertiary/aromatic N) is 1. The minimum absolute atomic E-state index is 0.0753. The molecule has 0 aliphatic carbocycles. The van der Waals surface area contributed by atoms with E-state index >= 15 is 0 Å². The summed E-state index contributed by atoms with van der Waals surface area (Å²) in [6.07, 6.45) is 2.90. The lowest BCUT2D eigenvalue weighted by Gasteiger charge is -2.28. The van der Waals surface area contributed by atoms with Gasteiger partial charge in [0.2, 0.25) is 0 Å². The number of carbonyl (C=O) groups excluding carboxylic acids is 1. The van der Waals surface area contributed by atoms with Crippen molar-refractivity contribution in [1.82, 2.24) is 4.90 Å². The van der Waals surface area contributed by atoms with E-state index in [1.807, 2.05) is 7.05 Å². The Morgan fingerprint density at radius 2 is 2.44 bits per heavy atom. The first kappa shape index (κ1) is 13.2. The Kier molecular flexibility index (Phi) is 4.96. The fraction of sp³-hybridized carbons (Fsp3) is 0.750. The molecular formula is C12H21NO3. The van der Waals surface area contributed by atoms with Crippen molar-refractivity contribution in [3.8, 4) is 0 Å². The molecule has 1 unspecified atom stereocenters. The molecule has 3 atom stereocenters. The van der Waals surface area contributed by atoms with Crippen LogP contribution in [0.3, 0.4) is 0 Å². The van der Waals surface area contributed by atoms with Gasteiger partial charge in [0, 0.05) is 6.04 Å².